The van der Waals surface area contributed by atoms with Crippen molar-refractivity contribution in [1.29, 1.82) is 0 Å². The third-order valence-electron chi connectivity index (χ3n) is 3.35. The molecule has 0 aromatic heterocycles. The predicted molar refractivity (Wildman–Crippen MR) is 78.3 cm³/mol. The number of carbonyl (C=O) groups is 1. The third-order valence-corrected chi connectivity index (χ3v) is 3.35. The van der Waals surface area contributed by atoms with Crippen molar-refractivity contribution in [2.45, 2.75) is 20.3 Å². The van der Waals surface area contributed by atoms with Gasteiger partial charge in [0.15, 0.2) is 0 Å². The summed E-state index contributed by atoms with van der Waals surface area (Å²) in [6.07, 6.45) is 0.575. The fourth-order valence-corrected chi connectivity index (χ4v) is 2.16. The summed E-state index contributed by atoms with van der Waals surface area (Å²) in [6.45, 7) is 4.00. The second-order valence-corrected chi connectivity index (χ2v) is 5.06. The Kier molecular flexibility index (Phi) is 4.68. The van der Waals surface area contributed by atoms with E-state index in [9.17, 15) is 13.6 Å². The molecule has 1 N–H and O–H groups in total. The maximum Gasteiger partial charge on any atom is 0.254 e. The summed E-state index contributed by atoms with van der Waals surface area (Å²) >= 11 is 0. The van der Waals surface area contributed by atoms with Gasteiger partial charge in [0.2, 0.25) is 0 Å². The van der Waals surface area contributed by atoms with Gasteiger partial charge in [0, 0.05) is 6.54 Å². The molecule has 2 aromatic carbocycles. The van der Waals surface area contributed by atoms with Crippen molar-refractivity contribution in [3.8, 4) is 0 Å². The Labute approximate surface area is 122 Å². The maximum atomic E-state index is 13.6. The first-order chi connectivity index (χ1) is 9.97. The zero-order valence-electron chi connectivity index (χ0n) is 12.0. The molecule has 0 aliphatic heterocycles. The zero-order chi connectivity index (χ0) is 15.4. The number of aryl methyl sites for hydroxylation is 2. The van der Waals surface area contributed by atoms with Gasteiger partial charge >= 0.3 is 0 Å². The average molecular weight is 289 g/mol. The van der Waals surface area contributed by atoms with Crippen LogP contribution in [0.5, 0.6) is 0 Å². The molecule has 1 amide bonds. The number of benzene rings is 2. The molecule has 4 heteroatoms. The molecule has 0 fully saturated rings. The second kappa shape index (κ2) is 6.48. The molecule has 21 heavy (non-hydrogen) atoms. The Bertz CT molecular complexity index is 668. The van der Waals surface area contributed by atoms with Crippen molar-refractivity contribution in [3.63, 3.8) is 0 Å². The van der Waals surface area contributed by atoms with Gasteiger partial charge in [-0.3, -0.25) is 4.79 Å². The van der Waals surface area contributed by atoms with Crippen LogP contribution in [0.3, 0.4) is 0 Å². The first-order valence-electron chi connectivity index (χ1n) is 6.77. The van der Waals surface area contributed by atoms with Crippen molar-refractivity contribution in [3.05, 3.63) is 70.3 Å². The summed E-state index contributed by atoms with van der Waals surface area (Å²) in [7, 11) is 0. The van der Waals surface area contributed by atoms with E-state index in [4.69, 9.17) is 0 Å². The molecule has 0 saturated carbocycles. The monoisotopic (exact) mass is 289 g/mol. The lowest BCUT2D eigenvalue weighted by atomic mass is 10.1. The van der Waals surface area contributed by atoms with Crippen molar-refractivity contribution < 1.29 is 13.6 Å². The molecule has 0 radical (unpaired) electrons. The summed E-state index contributed by atoms with van der Waals surface area (Å²) in [4.78, 5) is 11.9. The van der Waals surface area contributed by atoms with E-state index in [0.29, 0.717) is 13.0 Å². The van der Waals surface area contributed by atoms with Crippen LogP contribution in [0.15, 0.2) is 36.4 Å². The molecule has 0 aliphatic carbocycles. The second-order valence-electron chi connectivity index (χ2n) is 5.06. The Morgan fingerprint density at radius 3 is 2.57 bits per heavy atom. The van der Waals surface area contributed by atoms with E-state index in [2.05, 4.69) is 5.32 Å². The van der Waals surface area contributed by atoms with Gasteiger partial charge in [-0.2, -0.15) is 0 Å². The highest BCUT2D eigenvalue weighted by molar-refractivity contribution is 5.94. The number of rotatable bonds is 4. The summed E-state index contributed by atoms with van der Waals surface area (Å²) in [5.74, 6) is -1.24. The standard InChI is InChI=1S/C17H17F2NO/c1-11-3-6-16(19)15(9-11)17(21)20-8-7-13-4-5-14(18)10-12(13)2/h3-6,9-10H,7-8H2,1-2H3,(H,20,21). The lowest BCUT2D eigenvalue weighted by molar-refractivity contribution is 0.0950. The molecule has 110 valence electrons. The number of nitrogens with one attached hydrogen (secondary N) is 1. The molecule has 2 nitrogen and oxygen atoms in total. The minimum Gasteiger partial charge on any atom is -0.352 e. The molecule has 0 spiro atoms. The minimum absolute atomic E-state index is 0.0471. The highest BCUT2D eigenvalue weighted by atomic mass is 19.1. The van der Waals surface area contributed by atoms with E-state index < -0.39 is 11.7 Å². The van der Waals surface area contributed by atoms with Gasteiger partial charge in [-0.25, -0.2) is 8.78 Å². The molecular weight excluding hydrogens is 272 g/mol. The van der Waals surface area contributed by atoms with Crippen LogP contribution in [-0.2, 0) is 6.42 Å². The van der Waals surface area contributed by atoms with Crippen LogP contribution in [0.1, 0.15) is 27.0 Å². The normalized spacial score (nSPS) is 10.5. The van der Waals surface area contributed by atoms with E-state index in [-0.39, 0.29) is 11.4 Å². The topological polar surface area (TPSA) is 29.1 Å². The van der Waals surface area contributed by atoms with Gasteiger partial charge in [0.1, 0.15) is 11.6 Å². The largest absolute Gasteiger partial charge is 0.352 e. The molecule has 2 rings (SSSR count). The summed E-state index contributed by atoms with van der Waals surface area (Å²) in [6, 6.07) is 8.97. The van der Waals surface area contributed by atoms with Crippen molar-refractivity contribution in [1.82, 2.24) is 5.32 Å². The molecule has 0 saturated heterocycles. The number of carbonyl (C=O) groups excluding carboxylic acids is 1. The Morgan fingerprint density at radius 2 is 1.86 bits per heavy atom. The van der Waals surface area contributed by atoms with Crippen LogP contribution in [0, 0.1) is 25.5 Å². The fraction of sp³-hybridized carbons (Fsp3) is 0.235. The van der Waals surface area contributed by atoms with E-state index in [1.54, 1.807) is 19.1 Å². The van der Waals surface area contributed by atoms with E-state index in [0.717, 1.165) is 16.7 Å². The first-order valence-corrected chi connectivity index (χ1v) is 6.77. The van der Waals surface area contributed by atoms with Gasteiger partial charge < -0.3 is 5.32 Å². The molecular formula is C17H17F2NO. The van der Waals surface area contributed by atoms with Gasteiger partial charge in [-0.1, -0.05) is 17.7 Å². The van der Waals surface area contributed by atoms with E-state index in [1.165, 1.54) is 24.3 Å². The van der Waals surface area contributed by atoms with Crippen molar-refractivity contribution >= 4 is 5.91 Å². The molecule has 0 aliphatic rings. The number of hydrogen-bond donors (Lipinski definition) is 1. The zero-order valence-corrected chi connectivity index (χ0v) is 12.0. The number of halogens is 2. The van der Waals surface area contributed by atoms with Crippen LogP contribution in [-0.4, -0.2) is 12.5 Å². The predicted octanol–water partition coefficient (Wildman–Crippen LogP) is 3.55. The van der Waals surface area contributed by atoms with Crippen molar-refractivity contribution in [2.24, 2.45) is 0 Å². The smallest absolute Gasteiger partial charge is 0.254 e. The summed E-state index contributed by atoms with van der Waals surface area (Å²) in [5, 5.41) is 2.68. The Hall–Kier alpha value is -2.23. The number of hydrogen-bond acceptors (Lipinski definition) is 1. The average Bonchev–Trinajstić information content (AvgIpc) is 2.43. The molecule has 0 heterocycles. The molecule has 0 bridgehead atoms. The summed E-state index contributed by atoms with van der Waals surface area (Å²) < 4.78 is 26.6. The van der Waals surface area contributed by atoms with Gasteiger partial charge in [0.25, 0.3) is 5.91 Å². The fourth-order valence-electron chi connectivity index (χ4n) is 2.16. The molecule has 0 unspecified atom stereocenters. The lowest BCUT2D eigenvalue weighted by Gasteiger charge is -2.09. The minimum atomic E-state index is -0.531. The molecule has 2 aromatic rings. The van der Waals surface area contributed by atoms with Gasteiger partial charge in [-0.05, 0) is 55.7 Å². The lowest BCUT2D eigenvalue weighted by Crippen LogP contribution is -2.26. The van der Waals surface area contributed by atoms with Gasteiger partial charge in [-0.15, -0.1) is 0 Å². The van der Waals surface area contributed by atoms with Crippen LogP contribution < -0.4 is 5.32 Å². The quantitative estimate of drug-likeness (QED) is 0.916. The van der Waals surface area contributed by atoms with Crippen LogP contribution >= 0.6 is 0 Å². The molecule has 0 atom stereocenters. The summed E-state index contributed by atoms with van der Waals surface area (Å²) in [5.41, 5.74) is 2.68. The van der Waals surface area contributed by atoms with E-state index in [1.807, 2.05) is 6.92 Å². The highest BCUT2D eigenvalue weighted by Crippen LogP contribution is 2.12. The number of amides is 1. The first kappa shape index (κ1) is 15.2. The van der Waals surface area contributed by atoms with Crippen LogP contribution in [0.2, 0.25) is 0 Å². The van der Waals surface area contributed by atoms with E-state index >= 15 is 0 Å². The van der Waals surface area contributed by atoms with Crippen molar-refractivity contribution in [2.75, 3.05) is 6.54 Å². The Morgan fingerprint density at radius 1 is 1.10 bits per heavy atom. The van der Waals surface area contributed by atoms with Gasteiger partial charge in [0.05, 0.1) is 5.56 Å². The highest BCUT2D eigenvalue weighted by Gasteiger charge is 2.11. The van der Waals surface area contributed by atoms with Crippen LogP contribution in [0.25, 0.3) is 0 Å². The van der Waals surface area contributed by atoms with Crippen LogP contribution in [0.4, 0.5) is 8.78 Å². The third kappa shape index (κ3) is 3.88. The maximum absolute atomic E-state index is 13.6. The SMILES string of the molecule is Cc1ccc(F)c(C(=O)NCCc2ccc(F)cc2C)c1. The Balaban J connectivity index is 1.97.